The molecule has 0 aliphatic rings. The van der Waals surface area contributed by atoms with Gasteiger partial charge in [-0.15, -0.1) is 11.3 Å². The van der Waals surface area contributed by atoms with E-state index in [9.17, 15) is 9.59 Å². The van der Waals surface area contributed by atoms with E-state index in [-0.39, 0.29) is 11.8 Å². The second kappa shape index (κ2) is 8.76. The number of benzene rings is 1. The summed E-state index contributed by atoms with van der Waals surface area (Å²) in [7, 11) is 1.34. The fourth-order valence-electron chi connectivity index (χ4n) is 3.50. The first-order valence-electron chi connectivity index (χ1n) is 9.51. The highest BCUT2D eigenvalue weighted by Gasteiger charge is 2.27. The minimum Gasteiger partial charge on any atom is -0.465 e. The monoisotopic (exact) mass is 410 g/mol. The molecule has 2 N–H and O–H groups in total. The molecule has 2 atom stereocenters. The second-order valence-corrected chi connectivity index (χ2v) is 8.21. The Bertz CT molecular complexity index is 1000. The predicted octanol–water partition coefficient (Wildman–Crippen LogP) is 4.74. The van der Waals surface area contributed by atoms with Crippen LogP contribution in [-0.4, -0.2) is 29.9 Å². The summed E-state index contributed by atoms with van der Waals surface area (Å²) < 4.78 is 4.85. The SMILES string of the molecule is COC(=O)c1c(C)[nH]c(C(=O)[C@H](C)N[C@H](c2ccc(C)cc2)c2cccs2)c1C. The quantitative estimate of drug-likeness (QED) is 0.436. The van der Waals surface area contributed by atoms with Gasteiger partial charge in [-0.05, 0) is 50.3 Å². The van der Waals surface area contributed by atoms with Crippen molar-refractivity contribution in [3.63, 3.8) is 0 Å². The fourth-order valence-corrected chi connectivity index (χ4v) is 4.32. The molecule has 29 heavy (non-hydrogen) atoms. The van der Waals surface area contributed by atoms with Crippen LogP contribution in [0.4, 0.5) is 0 Å². The average Bonchev–Trinajstić information content (AvgIpc) is 3.34. The summed E-state index contributed by atoms with van der Waals surface area (Å²) in [5.41, 5.74) is 4.42. The van der Waals surface area contributed by atoms with Gasteiger partial charge in [0.25, 0.3) is 0 Å². The molecule has 5 nitrogen and oxygen atoms in total. The van der Waals surface area contributed by atoms with E-state index in [0.717, 1.165) is 10.4 Å². The third-order valence-corrected chi connectivity index (χ3v) is 6.06. The van der Waals surface area contributed by atoms with Gasteiger partial charge in [-0.2, -0.15) is 0 Å². The molecule has 0 aliphatic heterocycles. The number of Topliss-reactive ketones (excluding diaryl/α,β-unsaturated/α-hetero) is 1. The zero-order valence-electron chi connectivity index (χ0n) is 17.3. The molecular weight excluding hydrogens is 384 g/mol. The van der Waals surface area contributed by atoms with Crippen molar-refractivity contribution in [1.82, 2.24) is 10.3 Å². The van der Waals surface area contributed by atoms with Gasteiger partial charge >= 0.3 is 5.97 Å². The number of rotatable bonds is 7. The molecule has 0 bridgehead atoms. The lowest BCUT2D eigenvalue weighted by Gasteiger charge is -2.22. The van der Waals surface area contributed by atoms with E-state index in [1.807, 2.05) is 18.4 Å². The number of methoxy groups -OCH3 is 1. The third-order valence-electron chi connectivity index (χ3n) is 5.12. The standard InChI is InChI=1S/C23H26N2O3S/c1-13-8-10-17(11-9-13)21(18-7-6-12-29-18)25-16(4)22(26)20-14(2)19(15(3)24-20)23(27)28-5/h6-12,16,21,24-25H,1-5H3/t16-,21+/m0/s1. The van der Waals surface area contributed by atoms with Crippen LogP contribution in [0.2, 0.25) is 0 Å². The number of hydrogen-bond acceptors (Lipinski definition) is 5. The third kappa shape index (κ3) is 4.33. The normalized spacial score (nSPS) is 13.1. The van der Waals surface area contributed by atoms with Crippen molar-refractivity contribution >= 4 is 23.1 Å². The Labute approximate surface area is 175 Å². The molecule has 3 aromatic rings. The highest BCUT2D eigenvalue weighted by molar-refractivity contribution is 7.10. The van der Waals surface area contributed by atoms with Crippen LogP contribution < -0.4 is 5.32 Å². The number of nitrogens with one attached hydrogen (secondary N) is 2. The molecule has 3 rings (SSSR count). The van der Waals surface area contributed by atoms with Crippen molar-refractivity contribution in [2.45, 2.75) is 39.8 Å². The van der Waals surface area contributed by atoms with Gasteiger partial charge in [0.1, 0.15) is 0 Å². The molecule has 0 amide bonds. The van der Waals surface area contributed by atoms with Crippen molar-refractivity contribution in [3.05, 3.63) is 80.3 Å². The molecule has 0 unspecified atom stereocenters. The molecule has 0 spiro atoms. The van der Waals surface area contributed by atoms with E-state index in [0.29, 0.717) is 22.5 Å². The predicted molar refractivity (Wildman–Crippen MR) is 116 cm³/mol. The number of esters is 1. The van der Waals surface area contributed by atoms with E-state index >= 15 is 0 Å². The first kappa shape index (κ1) is 21.0. The van der Waals surface area contributed by atoms with Crippen LogP contribution in [0.15, 0.2) is 41.8 Å². The summed E-state index contributed by atoms with van der Waals surface area (Å²) in [5.74, 6) is -0.526. The Balaban J connectivity index is 1.89. The van der Waals surface area contributed by atoms with Crippen molar-refractivity contribution in [3.8, 4) is 0 Å². The van der Waals surface area contributed by atoms with Gasteiger partial charge < -0.3 is 9.72 Å². The molecule has 0 radical (unpaired) electrons. The van der Waals surface area contributed by atoms with E-state index < -0.39 is 12.0 Å². The molecule has 0 saturated heterocycles. The molecule has 0 fully saturated rings. The van der Waals surface area contributed by atoms with E-state index in [4.69, 9.17) is 4.74 Å². The van der Waals surface area contributed by atoms with Crippen LogP contribution >= 0.6 is 11.3 Å². The van der Waals surface area contributed by atoms with E-state index in [1.54, 1.807) is 25.2 Å². The van der Waals surface area contributed by atoms with Crippen LogP contribution in [0.3, 0.4) is 0 Å². The Kier molecular flexibility index (Phi) is 6.35. The maximum absolute atomic E-state index is 13.2. The van der Waals surface area contributed by atoms with E-state index in [1.165, 1.54) is 12.7 Å². The van der Waals surface area contributed by atoms with Gasteiger partial charge in [0.2, 0.25) is 0 Å². The van der Waals surface area contributed by atoms with Crippen LogP contribution in [0.1, 0.15) is 61.1 Å². The lowest BCUT2D eigenvalue weighted by molar-refractivity contribution is 0.0599. The number of thiophene rings is 1. The summed E-state index contributed by atoms with van der Waals surface area (Å²) in [6.45, 7) is 7.45. The van der Waals surface area contributed by atoms with Crippen molar-refractivity contribution in [2.24, 2.45) is 0 Å². The molecule has 6 heteroatoms. The molecular formula is C23H26N2O3S. The average molecular weight is 411 g/mol. The van der Waals surface area contributed by atoms with Gasteiger partial charge in [0, 0.05) is 10.6 Å². The number of aromatic nitrogens is 1. The summed E-state index contributed by atoms with van der Waals surface area (Å²) in [6.07, 6.45) is 0. The highest BCUT2D eigenvalue weighted by atomic mass is 32.1. The number of ether oxygens (including phenoxy) is 1. The zero-order valence-corrected chi connectivity index (χ0v) is 18.1. The second-order valence-electron chi connectivity index (χ2n) is 7.23. The van der Waals surface area contributed by atoms with Crippen LogP contribution in [0.5, 0.6) is 0 Å². The lowest BCUT2D eigenvalue weighted by Crippen LogP contribution is -2.37. The van der Waals surface area contributed by atoms with Gasteiger partial charge in [-0.25, -0.2) is 4.79 Å². The molecule has 0 aliphatic carbocycles. The molecule has 0 saturated carbocycles. The van der Waals surface area contributed by atoms with Crippen LogP contribution in [0.25, 0.3) is 0 Å². The maximum Gasteiger partial charge on any atom is 0.339 e. The maximum atomic E-state index is 13.2. The van der Waals surface area contributed by atoms with Gasteiger partial charge in [0.15, 0.2) is 5.78 Å². The Morgan fingerprint density at radius 1 is 1.10 bits per heavy atom. The highest BCUT2D eigenvalue weighted by Crippen LogP contribution is 2.28. The van der Waals surface area contributed by atoms with Crippen molar-refractivity contribution in [1.29, 1.82) is 0 Å². The number of carbonyl (C=O) groups excluding carboxylic acids is 2. The number of carbonyl (C=O) groups is 2. The fraction of sp³-hybridized carbons (Fsp3) is 0.304. The van der Waals surface area contributed by atoms with Crippen LogP contribution in [0, 0.1) is 20.8 Å². The van der Waals surface area contributed by atoms with Crippen molar-refractivity contribution in [2.75, 3.05) is 7.11 Å². The summed E-state index contributed by atoms with van der Waals surface area (Å²) in [6, 6.07) is 11.9. The van der Waals surface area contributed by atoms with Crippen molar-refractivity contribution < 1.29 is 14.3 Å². The summed E-state index contributed by atoms with van der Waals surface area (Å²) in [5, 5.41) is 5.51. The number of hydrogen-bond donors (Lipinski definition) is 2. The lowest BCUT2D eigenvalue weighted by atomic mass is 10.0. The van der Waals surface area contributed by atoms with E-state index in [2.05, 4.69) is 47.6 Å². The van der Waals surface area contributed by atoms with Gasteiger partial charge in [0.05, 0.1) is 30.5 Å². The Morgan fingerprint density at radius 3 is 2.38 bits per heavy atom. The largest absolute Gasteiger partial charge is 0.465 e. The molecule has 2 heterocycles. The minimum absolute atomic E-state index is 0.0885. The molecule has 152 valence electrons. The summed E-state index contributed by atoms with van der Waals surface area (Å²) >= 11 is 1.65. The van der Waals surface area contributed by atoms with Gasteiger partial charge in [-0.1, -0.05) is 35.9 Å². The van der Waals surface area contributed by atoms with Crippen LogP contribution in [-0.2, 0) is 4.74 Å². The topological polar surface area (TPSA) is 71.2 Å². The molecule has 2 aromatic heterocycles. The number of ketones is 1. The number of aromatic amines is 1. The smallest absolute Gasteiger partial charge is 0.339 e. The van der Waals surface area contributed by atoms with Gasteiger partial charge in [-0.3, -0.25) is 10.1 Å². The minimum atomic E-state index is -0.453. The molecule has 1 aromatic carbocycles. The Hall–Kier alpha value is -2.70. The first-order chi connectivity index (χ1) is 13.8. The number of H-pyrrole nitrogens is 1. The first-order valence-corrected chi connectivity index (χ1v) is 10.4. The Morgan fingerprint density at radius 2 is 1.79 bits per heavy atom. The zero-order chi connectivity index (χ0) is 21.1. The summed E-state index contributed by atoms with van der Waals surface area (Å²) in [4.78, 5) is 29.4. The number of aryl methyl sites for hydroxylation is 2.